The number of aryl methyl sites for hydroxylation is 1. The first-order valence-corrected chi connectivity index (χ1v) is 13.7. The van der Waals surface area contributed by atoms with E-state index in [9.17, 15) is 9.59 Å². The number of thioether (sulfide) groups is 1. The van der Waals surface area contributed by atoms with E-state index in [2.05, 4.69) is 15.3 Å². The predicted octanol–water partition coefficient (Wildman–Crippen LogP) is 5.95. The summed E-state index contributed by atoms with van der Waals surface area (Å²) in [5, 5.41) is 9.66. The SMILES string of the molecule is CCSc1ccccc1C(=O)Nc1cc(-c2cccs2)nn1-c1nc(C)c(Cc2ccccc2)c(=O)[nH]1. The Morgan fingerprint density at radius 1 is 1.08 bits per heavy atom. The summed E-state index contributed by atoms with van der Waals surface area (Å²) < 4.78 is 1.49. The van der Waals surface area contributed by atoms with Crippen LogP contribution in [0.2, 0.25) is 0 Å². The van der Waals surface area contributed by atoms with E-state index in [1.807, 2.05) is 79.9 Å². The predicted molar refractivity (Wildman–Crippen MR) is 150 cm³/mol. The Hall–Kier alpha value is -3.95. The Morgan fingerprint density at radius 3 is 2.59 bits per heavy atom. The molecule has 5 rings (SSSR count). The highest BCUT2D eigenvalue weighted by atomic mass is 32.2. The van der Waals surface area contributed by atoms with Gasteiger partial charge in [0.25, 0.3) is 11.5 Å². The minimum atomic E-state index is -0.254. The molecule has 0 aliphatic rings. The van der Waals surface area contributed by atoms with E-state index in [1.54, 1.807) is 35.2 Å². The lowest BCUT2D eigenvalue weighted by molar-refractivity contribution is 0.102. The molecule has 0 spiro atoms. The molecule has 0 bridgehead atoms. The number of anilines is 1. The number of aromatic amines is 1. The number of thiophene rings is 1. The summed E-state index contributed by atoms with van der Waals surface area (Å²) in [6.45, 7) is 3.87. The molecule has 0 saturated heterocycles. The second-order valence-electron chi connectivity index (χ2n) is 8.30. The van der Waals surface area contributed by atoms with Crippen molar-refractivity contribution in [1.29, 1.82) is 0 Å². The second-order valence-corrected chi connectivity index (χ2v) is 10.6. The van der Waals surface area contributed by atoms with Crippen LogP contribution in [0.4, 0.5) is 5.82 Å². The molecular weight excluding hydrogens is 502 g/mol. The lowest BCUT2D eigenvalue weighted by Crippen LogP contribution is -2.22. The molecule has 2 aromatic carbocycles. The first kappa shape index (κ1) is 24.7. The molecular formula is C28H25N5O2S2. The second kappa shape index (κ2) is 11.0. The van der Waals surface area contributed by atoms with Crippen molar-refractivity contribution in [3.8, 4) is 16.5 Å². The van der Waals surface area contributed by atoms with Gasteiger partial charge in [-0.25, -0.2) is 4.98 Å². The number of benzene rings is 2. The van der Waals surface area contributed by atoms with Gasteiger partial charge in [-0.1, -0.05) is 55.5 Å². The maximum absolute atomic E-state index is 13.3. The first-order valence-electron chi connectivity index (χ1n) is 11.8. The van der Waals surface area contributed by atoms with Crippen LogP contribution in [0.25, 0.3) is 16.5 Å². The van der Waals surface area contributed by atoms with Crippen LogP contribution in [0.3, 0.4) is 0 Å². The lowest BCUT2D eigenvalue weighted by Gasteiger charge is -2.12. The van der Waals surface area contributed by atoms with Gasteiger partial charge in [0.2, 0.25) is 5.95 Å². The highest BCUT2D eigenvalue weighted by molar-refractivity contribution is 7.99. The molecule has 0 unspecified atom stereocenters. The average molecular weight is 528 g/mol. The zero-order valence-corrected chi connectivity index (χ0v) is 22.0. The third kappa shape index (κ3) is 5.42. The topological polar surface area (TPSA) is 92.7 Å². The molecule has 3 heterocycles. The quantitative estimate of drug-likeness (QED) is 0.243. The number of nitrogens with zero attached hydrogens (tertiary/aromatic N) is 3. The first-order chi connectivity index (χ1) is 18.0. The van der Waals surface area contributed by atoms with Crippen molar-refractivity contribution in [2.45, 2.75) is 25.2 Å². The Kier molecular flexibility index (Phi) is 7.34. The molecule has 0 atom stereocenters. The third-order valence-electron chi connectivity index (χ3n) is 5.79. The Balaban J connectivity index is 1.54. The van der Waals surface area contributed by atoms with Crippen LogP contribution >= 0.6 is 23.1 Å². The summed E-state index contributed by atoms with van der Waals surface area (Å²) in [4.78, 5) is 35.8. The highest BCUT2D eigenvalue weighted by Gasteiger charge is 2.19. The van der Waals surface area contributed by atoms with E-state index >= 15 is 0 Å². The van der Waals surface area contributed by atoms with E-state index in [0.29, 0.717) is 34.8 Å². The number of hydrogen-bond donors (Lipinski definition) is 2. The molecule has 0 aliphatic heterocycles. The van der Waals surface area contributed by atoms with E-state index in [-0.39, 0.29) is 17.4 Å². The smallest absolute Gasteiger partial charge is 0.257 e. The van der Waals surface area contributed by atoms with Crippen LogP contribution in [-0.2, 0) is 6.42 Å². The molecule has 0 fully saturated rings. The Bertz CT molecular complexity index is 1590. The number of aromatic nitrogens is 4. The minimum absolute atomic E-state index is 0.235. The van der Waals surface area contributed by atoms with E-state index in [0.717, 1.165) is 21.1 Å². The molecule has 7 nitrogen and oxygen atoms in total. The molecule has 0 radical (unpaired) electrons. The number of nitrogens with one attached hydrogen (secondary N) is 2. The fraction of sp³-hybridized carbons (Fsp3) is 0.143. The monoisotopic (exact) mass is 527 g/mol. The number of rotatable bonds is 8. The molecule has 37 heavy (non-hydrogen) atoms. The van der Waals surface area contributed by atoms with E-state index < -0.39 is 0 Å². The fourth-order valence-electron chi connectivity index (χ4n) is 4.00. The van der Waals surface area contributed by atoms with Crippen molar-refractivity contribution in [3.63, 3.8) is 0 Å². The zero-order valence-electron chi connectivity index (χ0n) is 20.4. The van der Waals surface area contributed by atoms with Crippen molar-refractivity contribution < 1.29 is 4.79 Å². The van der Waals surface area contributed by atoms with Crippen LogP contribution in [0.15, 0.2) is 87.9 Å². The minimum Gasteiger partial charge on any atom is -0.306 e. The summed E-state index contributed by atoms with van der Waals surface area (Å²) in [5.41, 5.74) is 3.25. The molecule has 0 saturated carbocycles. The number of H-pyrrole nitrogens is 1. The van der Waals surface area contributed by atoms with Crippen LogP contribution in [0.1, 0.15) is 34.1 Å². The maximum atomic E-state index is 13.3. The van der Waals surface area contributed by atoms with Gasteiger partial charge in [0, 0.05) is 22.9 Å². The van der Waals surface area contributed by atoms with Crippen molar-refractivity contribution in [3.05, 3.63) is 111 Å². The van der Waals surface area contributed by atoms with Gasteiger partial charge < -0.3 is 5.32 Å². The number of carbonyl (C=O) groups is 1. The van der Waals surface area contributed by atoms with E-state index in [4.69, 9.17) is 5.10 Å². The van der Waals surface area contributed by atoms with Gasteiger partial charge in [-0.15, -0.1) is 23.1 Å². The van der Waals surface area contributed by atoms with Gasteiger partial charge in [-0.3, -0.25) is 14.6 Å². The van der Waals surface area contributed by atoms with Crippen molar-refractivity contribution >= 4 is 34.8 Å². The lowest BCUT2D eigenvalue weighted by atomic mass is 10.1. The van der Waals surface area contributed by atoms with Gasteiger partial charge in [-0.2, -0.15) is 9.78 Å². The van der Waals surface area contributed by atoms with Gasteiger partial charge in [0.05, 0.1) is 16.1 Å². The molecule has 9 heteroatoms. The van der Waals surface area contributed by atoms with Crippen molar-refractivity contribution in [2.24, 2.45) is 0 Å². The summed E-state index contributed by atoms with van der Waals surface area (Å²) >= 11 is 3.15. The average Bonchev–Trinajstić information content (AvgIpc) is 3.58. The highest BCUT2D eigenvalue weighted by Crippen LogP contribution is 2.29. The Morgan fingerprint density at radius 2 is 1.86 bits per heavy atom. The molecule has 5 aromatic rings. The molecule has 0 aliphatic carbocycles. The van der Waals surface area contributed by atoms with Crippen LogP contribution in [-0.4, -0.2) is 31.4 Å². The molecule has 2 N–H and O–H groups in total. The summed E-state index contributed by atoms with van der Waals surface area (Å²) in [6.07, 6.45) is 0.476. The normalized spacial score (nSPS) is 11.0. The molecule has 186 valence electrons. The van der Waals surface area contributed by atoms with Crippen molar-refractivity contribution in [2.75, 3.05) is 11.1 Å². The van der Waals surface area contributed by atoms with Gasteiger partial charge in [0.15, 0.2) is 0 Å². The summed E-state index contributed by atoms with van der Waals surface area (Å²) in [6, 6.07) is 23.0. The standard InChI is InChI=1S/C28H25N5O2S2/c1-3-36-23-13-8-7-12-20(23)26(34)30-25-17-22(24-14-9-15-37-24)32-33(25)28-29-18(2)21(27(35)31-28)16-19-10-5-4-6-11-19/h4-15,17H,3,16H2,1-2H3,(H,30,34)(H,29,31,35). The third-order valence-corrected chi connectivity index (χ3v) is 7.64. The van der Waals surface area contributed by atoms with Crippen LogP contribution in [0, 0.1) is 6.92 Å². The number of amides is 1. The maximum Gasteiger partial charge on any atom is 0.257 e. The van der Waals surface area contributed by atoms with Crippen LogP contribution in [0.5, 0.6) is 0 Å². The van der Waals surface area contributed by atoms with E-state index in [1.165, 1.54) is 4.68 Å². The fourth-order valence-corrected chi connectivity index (χ4v) is 5.48. The largest absolute Gasteiger partial charge is 0.306 e. The van der Waals surface area contributed by atoms with Gasteiger partial charge in [0.1, 0.15) is 11.5 Å². The van der Waals surface area contributed by atoms with Gasteiger partial charge in [-0.05, 0) is 41.8 Å². The molecule has 3 aromatic heterocycles. The Labute approximate surface area is 222 Å². The number of carbonyl (C=O) groups excluding carboxylic acids is 1. The molecule has 1 amide bonds. The van der Waals surface area contributed by atoms with Crippen LogP contribution < -0.4 is 10.9 Å². The summed E-state index contributed by atoms with van der Waals surface area (Å²) in [5.74, 6) is 1.26. The zero-order chi connectivity index (χ0) is 25.8. The summed E-state index contributed by atoms with van der Waals surface area (Å²) in [7, 11) is 0. The van der Waals surface area contributed by atoms with Gasteiger partial charge >= 0.3 is 0 Å². The van der Waals surface area contributed by atoms with Crippen molar-refractivity contribution in [1.82, 2.24) is 19.7 Å². The number of hydrogen-bond acceptors (Lipinski definition) is 6.